The minimum atomic E-state index is -4.49. The molecule has 3 aromatic rings. The van der Waals surface area contributed by atoms with Crippen molar-refractivity contribution in [2.24, 2.45) is 0 Å². The SMILES string of the molecule is Cc1ccc(OCc2nc(-c3cccc(C(F)(F)F)c3)no2)c([N+](=O)[O-])c1. The number of aryl methyl sites for hydroxylation is 1. The van der Waals surface area contributed by atoms with E-state index in [4.69, 9.17) is 9.26 Å². The number of nitro benzene ring substituents is 1. The van der Waals surface area contributed by atoms with E-state index in [1.807, 2.05) is 0 Å². The van der Waals surface area contributed by atoms with Gasteiger partial charge in [-0.25, -0.2) is 0 Å². The molecule has 0 N–H and O–H groups in total. The second-order valence-corrected chi connectivity index (χ2v) is 5.61. The predicted octanol–water partition coefficient (Wildman–Crippen LogP) is 4.55. The molecule has 27 heavy (non-hydrogen) atoms. The number of nitrogens with zero attached hydrogens (tertiary/aromatic N) is 3. The number of nitro groups is 1. The van der Waals surface area contributed by atoms with Crippen LogP contribution in [0.25, 0.3) is 11.4 Å². The Balaban J connectivity index is 1.77. The zero-order chi connectivity index (χ0) is 19.6. The number of aromatic nitrogens is 2. The summed E-state index contributed by atoms with van der Waals surface area (Å²) < 4.78 is 48.7. The highest BCUT2D eigenvalue weighted by molar-refractivity contribution is 5.55. The Morgan fingerprint density at radius 2 is 2.00 bits per heavy atom. The number of benzene rings is 2. The minimum Gasteiger partial charge on any atom is -0.477 e. The summed E-state index contributed by atoms with van der Waals surface area (Å²) in [5.41, 5.74) is -0.231. The van der Waals surface area contributed by atoms with Crippen LogP contribution in [0.5, 0.6) is 5.75 Å². The molecular formula is C17H12F3N3O4. The molecule has 2 aromatic carbocycles. The maximum Gasteiger partial charge on any atom is 0.416 e. The van der Waals surface area contributed by atoms with Crippen molar-refractivity contribution in [2.45, 2.75) is 19.7 Å². The molecule has 0 atom stereocenters. The number of ether oxygens (including phenoxy) is 1. The smallest absolute Gasteiger partial charge is 0.416 e. The molecular weight excluding hydrogens is 367 g/mol. The van der Waals surface area contributed by atoms with Crippen molar-refractivity contribution in [3.8, 4) is 17.1 Å². The Labute approximate surface area is 150 Å². The van der Waals surface area contributed by atoms with Crippen molar-refractivity contribution in [3.05, 3.63) is 69.6 Å². The fraction of sp³-hybridized carbons (Fsp3) is 0.176. The Kier molecular flexibility index (Phi) is 4.80. The maximum atomic E-state index is 12.8. The molecule has 0 bridgehead atoms. The van der Waals surface area contributed by atoms with Gasteiger partial charge in [-0.3, -0.25) is 10.1 Å². The number of hydrogen-bond donors (Lipinski definition) is 0. The van der Waals surface area contributed by atoms with Gasteiger partial charge < -0.3 is 9.26 Å². The highest BCUT2D eigenvalue weighted by Crippen LogP contribution is 2.32. The lowest BCUT2D eigenvalue weighted by atomic mass is 10.1. The lowest BCUT2D eigenvalue weighted by molar-refractivity contribution is -0.386. The van der Waals surface area contributed by atoms with Crippen molar-refractivity contribution in [3.63, 3.8) is 0 Å². The second-order valence-electron chi connectivity index (χ2n) is 5.61. The van der Waals surface area contributed by atoms with Crippen LogP contribution < -0.4 is 4.74 Å². The molecule has 0 amide bonds. The van der Waals surface area contributed by atoms with E-state index in [1.165, 1.54) is 24.3 Å². The normalized spacial score (nSPS) is 11.4. The van der Waals surface area contributed by atoms with Crippen molar-refractivity contribution in [1.29, 1.82) is 0 Å². The van der Waals surface area contributed by atoms with Gasteiger partial charge in [0.2, 0.25) is 5.82 Å². The molecule has 1 heterocycles. The lowest BCUT2D eigenvalue weighted by Gasteiger charge is -2.06. The predicted molar refractivity (Wildman–Crippen MR) is 86.9 cm³/mol. The van der Waals surface area contributed by atoms with E-state index in [9.17, 15) is 23.3 Å². The zero-order valence-corrected chi connectivity index (χ0v) is 13.9. The molecule has 10 heteroatoms. The molecule has 0 saturated carbocycles. The first-order valence-electron chi connectivity index (χ1n) is 7.62. The van der Waals surface area contributed by atoms with Gasteiger partial charge in [-0.1, -0.05) is 23.4 Å². The number of halogens is 3. The van der Waals surface area contributed by atoms with Crippen LogP contribution in [-0.2, 0) is 12.8 Å². The van der Waals surface area contributed by atoms with Crippen molar-refractivity contribution < 1.29 is 27.4 Å². The third-order valence-electron chi connectivity index (χ3n) is 3.58. The fourth-order valence-corrected chi connectivity index (χ4v) is 2.30. The third kappa shape index (κ3) is 4.22. The summed E-state index contributed by atoms with van der Waals surface area (Å²) in [6.07, 6.45) is -4.49. The van der Waals surface area contributed by atoms with Crippen LogP contribution >= 0.6 is 0 Å². The molecule has 0 saturated heterocycles. The van der Waals surface area contributed by atoms with Crippen molar-refractivity contribution in [1.82, 2.24) is 10.1 Å². The number of hydrogen-bond acceptors (Lipinski definition) is 6. The molecule has 140 valence electrons. The van der Waals surface area contributed by atoms with E-state index in [0.717, 1.165) is 12.1 Å². The summed E-state index contributed by atoms with van der Waals surface area (Å²) >= 11 is 0. The molecule has 0 aliphatic rings. The number of rotatable bonds is 5. The molecule has 0 aliphatic heterocycles. The average Bonchev–Trinajstić information content (AvgIpc) is 3.09. The average molecular weight is 379 g/mol. The van der Waals surface area contributed by atoms with E-state index in [1.54, 1.807) is 13.0 Å². The number of alkyl halides is 3. The Bertz CT molecular complexity index is 986. The first kappa shape index (κ1) is 18.4. The molecule has 0 aliphatic carbocycles. The molecule has 0 spiro atoms. The standard InChI is InChI=1S/C17H12F3N3O4/c1-10-5-6-14(13(7-10)23(24)25)26-9-15-21-16(22-27-15)11-3-2-4-12(8-11)17(18,19)20/h2-8H,9H2,1H3. The summed E-state index contributed by atoms with van der Waals surface area (Å²) in [5.74, 6) is -0.0557. The van der Waals surface area contributed by atoms with Gasteiger partial charge in [0.05, 0.1) is 10.5 Å². The van der Waals surface area contributed by atoms with E-state index in [-0.39, 0.29) is 35.3 Å². The first-order valence-corrected chi connectivity index (χ1v) is 7.62. The molecule has 0 radical (unpaired) electrons. The minimum absolute atomic E-state index is 0.0180. The van der Waals surface area contributed by atoms with Crippen LogP contribution in [0.4, 0.5) is 18.9 Å². The van der Waals surface area contributed by atoms with Gasteiger partial charge in [0.1, 0.15) is 0 Å². The van der Waals surface area contributed by atoms with Gasteiger partial charge in [0.15, 0.2) is 12.4 Å². The molecule has 7 nitrogen and oxygen atoms in total. The van der Waals surface area contributed by atoms with E-state index in [2.05, 4.69) is 10.1 Å². The third-order valence-corrected chi connectivity index (χ3v) is 3.58. The van der Waals surface area contributed by atoms with Crippen LogP contribution in [0.1, 0.15) is 17.0 Å². The summed E-state index contributed by atoms with van der Waals surface area (Å²) in [6, 6.07) is 8.93. The Hall–Kier alpha value is -3.43. The van der Waals surface area contributed by atoms with Crippen LogP contribution in [0.3, 0.4) is 0 Å². The monoisotopic (exact) mass is 379 g/mol. The van der Waals surface area contributed by atoms with E-state index in [0.29, 0.717) is 5.56 Å². The van der Waals surface area contributed by atoms with Crippen molar-refractivity contribution >= 4 is 5.69 Å². The molecule has 0 fully saturated rings. The van der Waals surface area contributed by atoms with Gasteiger partial charge in [-0.15, -0.1) is 0 Å². The van der Waals surface area contributed by atoms with Crippen molar-refractivity contribution in [2.75, 3.05) is 0 Å². The van der Waals surface area contributed by atoms with Crippen LogP contribution in [0, 0.1) is 17.0 Å². The summed E-state index contributed by atoms with van der Waals surface area (Å²) in [6.45, 7) is 1.44. The summed E-state index contributed by atoms with van der Waals surface area (Å²) in [4.78, 5) is 14.5. The second kappa shape index (κ2) is 7.06. The topological polar surface area (TPSA) is 91.3 Å². The van der Waals surface area contributed by atoms with Gasteiger partial charge in [-0.05, 0) is 30.7 Å². The van der Waals surface area contributed by atoms with Crippen LogP contribution in [-0.4, -0.2) is 15.1 Å². The van der Waals surface area contributed by atoms with Gasteiger partial charge >= 0.3 is 11.9 Å². The van der Waals surface area contributed by atoms with Crippen LogP contribution in [0.15, 0.2) is 47.0 Å². The highest BCUT2D eigenvalue weighted by Gasteiger charge is 2.30. The van der Waals surface area contributed by atoms with E-state index >= 15 is 0 Å². The highest BCUT2D eigenvalue weighted by atomic mass is 19.4. The van der Waals surface area contributed by atoms with E-state index < -0.39 is 16.7 Å². The summed E-state index contributed by atoms with van der Waals surface area (Å²) in [5, 5.41) is 14.7. The Morgan fingerprint density at radius 3 is 2.70 bits per heavy atom. The zero-order valence-electron chi connectivity index (χ0n) is 13.9. The van der Waals surface area contributed by atoms with Gasteiger partial charge in [-0.2, -0.15) is 18.2 Å². The van der Waals surface area contributed by atoms with Crippen LogP contribution in [0.2, 0.25) is 0 Å². The largest absolute Gasteiger partial charge is 0.477 e. The Morgan fingerprint density at radius 1 is 1.22 bits per heavy atom. The molecule has 0 unspecified atom stereocenters. The fourth-order valence-electron chi connectivity index (χ4n) is 2.30. The first-order chi connectivity index (χ1) is 12.7. The summed E-state index contributed by atoms with van der Waals surface area (Å²) in [7, 11) is 0. The molecule has 1 aromatic heterocycles. The quantitative estimate of drug-likeness (QED) is 0.477. The maximum absolute atomic E-state index is 12.8. The van der Waals surface area contributed by atoms with Gasteiger partial charge in [0, 0.05) is 11.6 Å². The van der Waals surface area contributed by atoms with Gasteiger partial charge in [0.25, 0.3) is 5.89 Å². The lowest BCUT2D eigenvalue weighted by Crippen LogP contribution is -2.04. The molecule has 3 rings (SSSR count).